The van der Waals surface area contributed by atoms with Crippen LogP contribution in [0, 0.1) is 0 Å². The van der Waals surface area contributed by atoms with Crippen molar-refractivity contribution in [2.45, 2.75) is 0 Å². The molecule has 2 heteroatoms. The molecule has 0 aliphatic carbocycles. The van der Waals surface area contributed by atoms with Crippen molar-refractivity contribution in [1.29, 1.82) is 0 Å². The standard InChI is InChI=1S/C63H40N2/c1-5-18-43(19-6-1)58-49-26-13-14-27-50(49)59(44-20-7-2-8-21-44)55-40-46(36-37-52(55)58)41-32-34-42(35-33-41)48-29-17-30-53-51-38-39-57-60(61(51)62(64-63(48)53)45-22-9-3-10-23-45)54-28-15-16-31-56(54)65(57)47-24-11-4-12-25-47/h1-40H. The normalized spacial score (nSPS) is 11.7. The highest BCUT2D eigenvalue weighted by atomic mass is 15.0. The van der Waals surface area contributed by atoms with Crippen LogP contribution in [-0.4, -0.2) is 9.55 Å². The van der Waals surface area contributed by atoms with E-state index in [2.05, 4.69) is 247 Å². The lowest BCUT2D eigenvalue weighted by atomic mass is 9.85. The fourth-order valence-electron chi connectivity index (χ4n) is 10.5. The lowest BCUT2D eigenvalue weighted by Crippen LogP contribution is -1.95. The van der Waals surface area contributed by atoms with Crippen LogP contribution in [0.15, 0.2) is 243 Å². The Morgan fingerprint density at radius 2 is 0.785 bits per heavy atom. The zero-order chi connectivity index (χ0) is 42.8. The van der Waals surface area contributed by atoms with Gasteiger partial charge in [0.1, 0.15) is 0 Å². The summed E-state index contributed by atoms with van der Waals surface area (Å²) in [4.78, 5) is 5.69. The van der Waals surface area contributed by atoms with Crippen molar-refractivity contribution in [1.82, 2.24) is 9.55 Å². The summed E-state index contributed by atoms with van der Waals surface area (Å²) in [5.41, 5.74) is 16.2. The molecule has 11 aromatic carbocycles. The third-order valence-corrected chi connectivity index (χ3v) is 13.4. The van der Waals surface area contributed by atoms with Gasteiger partial charge in [0.05, 0.1) is 22.2 Å². The smallest absolute Gasteiger partial charge is 0.0795 e. The van der Waals surface area contributed by atoms with E-state index in [0.29, 0.717) is 0 Å². The minimum absolute atomic E-state index is 0.992. The minimum Gasteiger partial charge on any atom is -0.309 e. The fourth-order valence-corrected chi connectivity index (χ4v) is 10.5. The minimum atomic E-state index is 0.992. The van der Waals surface area contributed by atoms with Crippen LogP contribution in [0.4, 0.5) is 0 Å². The molecular formula is C63H40N2. The Labute approximate surface area is 377 Å². The van der Waals surface area contributed by atoms with Gasteiger partial charge in [-0.3, -0.25) is 0 Å². The molecule has 65 heavy (non-hydrogen) atoms. The summed E-state index contributed by atoms with van der Waals surface area (Å²) in [6.45, 7) is 0. The molecule has 13 aromatic rings. The number of hydrogen-bond donors (Lipinski definition) is 0. The van der Waals surface area contributed by atoms with Gasteiger partial charge in [-0.05, 0) is 96.2 Å². The molecular weight excluding hydrogens is 785 g/mol. The van der Waals surface area contributed by atoms with Crippen LogP contribution in [0.5, 0.6) is 0 Å². The number of rotatable bonds is 6. The Morgan fingerprint density at radius 3 is 1.46 bits per heavy atom. The van der Waals surface area contributed by atoms with Crippen LogP contribution in [0.2, 0.25) is 0 Å². The van der Waals surface area contributed by atoms with E-state index in [1.54, 1.807) is 0 Å². The van der Waals surface area contributed by atoms with E-state index in [4.69, 9.17) is 4.98 Å². The van der Waals surface area contributed by atoms with Crippen molar-refractivity contribution < 1.29 is 0 Å². The van der Waals surface area contributed by atoms with Crippen molar-refractivity contribution in [3.8, 4) is 61.5 Å². The third kappa shape index (κ3) is 5.92. The highest BCUT2D eigenvalue weighted by molar-refractivity contribution is 6.29. The first-order valence-corrected chi connectivity index (χ1v) is 22.4. The number of hydrogen-bond acceptors (Lipinski definition) is 1. The van der Waals surface area contributed by atoms with Gasteiger partial charge in [0.15, 0.2) is 0 Å². The fraction of sp³-hybridized carbons (Fsp3) is 0. The molecule has 13 rings (SSSR count). The van der Waals surface area contributed by atoms with Gasteiger partial charge in [-0.15, -0.1) is 0 Å². The molecule has 0 saturated heterocycles. The van der Waals surface area contributed by atoms with Gasteiger partial charge in [0.2, 0.25) is 0 Å². The van der Waals surface area contributed by atoms with Crippen LogP contribution in [-0.2, 0) is 0 Å². The first kappa shape index (κ1) is 37.0. The highest BCUT2D eigenvalue weighted by Crippen LogP contribution is 2.46. The number of fused-ring (bicyclic) bond motifs is 9. The van der Waals surface area contributed by atoms with E-state index in [1.165, 1.54) is 87.5 Å². The summed E-state index contributed by atoms with van der Waals surface area (Å²) >= 11 is 0. The van der Waals surface area contributed by atoms with Crippen molar-refractivity contribution in [3.63, 3.8) is 0 Å². The van der Waals surface area contributed by atoms with Crippen LogP contribution in [0.1, 0.15) is 0 Å². The molecule has 0 amide bonds. The van der Waals surface area contributed by atoms with Crippen LogP contribution < -0.4 is 0 Å². The van der Waals surface area contributed by atoms with Crippen molar-refractivity contribution in [2.24, 2.45) is 0 Å². The number of aromatic nitrogens is 2. The number of benzene rings is 11. The Balaban J connectivity index is 1.000. The van der Waals surface area contributed by atoms with Gasteiger partial charge in [-0.1, -0.05) is 212 Å². The summed E-state index contributed by atoms with van der Waals surface area (Å²) < 4.78 is 2.39. The molecule has 0 fully saturated rings. The number of pyridine rings is 1. The molecule has 2 nitrogen and oxygen atoms in total. The molecule has 302 valence electrons. The Kier molecular flexibility index (Phi) is 8.57. The maximum atomic E-state index is 5.69. The SMILES string of the molecule is c1ccc(-c2c3ccccc3c(-c3ccccc3)c3cc(-c4ccc(-c5cccc6c5nc(-c5ccccc5)c5c6ccc6c5c5ccccc5n6-c5ccccc5)cc4)ccc23)cc1. The zero-order valence-corrected chi connectivity index (χ0v) is 35.5. The second-order valence-corrected chi connectivity index (χ2v) is 17.0. The number of nitrogens with zero attached hydrogens (tertiary/aromatic N) is 2. The lowest BCUT2D eigenvalue weighted by Gasteiger charge is -2.19. The molecule has 0 spiro atoms. The maximum absolute atomic E-state index is 5.69. The highest BCUT2D eigenvalue weighted by Gasteiger charge is 2.22. The number of para-hydroxylation sites is 3. The van der Waals surface area contributed by atoms with Crippen LogP contribution in [0.3, 0.4) is 0 Å². The molecule has 0 atom stereocenters. The second-order valence-electron chi connectivity index (χ2n) is 17.0. The van der Waals surface area contributed by atoms with Crippen molar-refractivity contribution >= 4 is 65.0 Å². The summed E-state index contributed by atoms with van der Waals surface area (Å²) in [6.07, 6.45) is 0. The average Bonchev–Trinajstić information content (AvgIpc) is 3.73. The lowest BCUT2D eigenvalue weighted by molar-refractivity contribution is 1.18. The predicted molar refractivity (Wildman–Crippen MR) is 276 cm³/mol. The van der Waals surface area contributed by atoms with Crippen molar-refractivity contribution in [2.75, 3.05) is 0 Å². The van der Waals surface area contributed by atoms with Gasteiger partial charge in [-0.2, -0.15) is 0 Å². The van der Waals surface area contributed by atoms with Crippen molar-refractivity contribution in [3.05, 3.63) is 243 Å². The molecule has 0 bridgehead atoms. The van der Waals surface area contributed by atoms with E-state index in [0.717, 1.165) is 39.0 Å². The van der Waals surface area contributed by atoms with Gasteiger partial charge >= 0.3 is 0 Å². The Bertz CT molecular complexity index is 3950. The van der Waals surface area contributed by atoms with Gasteiger partial charge in [-0.25, -0.2) is 4.98 Å². The molecule has 0 N–H and O–H groups in total. The zero-order valence-electron chi connectivity index (χ0n) is 35.5. The van der Waals surface area contributed by atoms with E-state index in [9.17, 15) is 0 Å². The average molecular weight is 825 g/mol. The summed E-state index contributed by atoms with van der Waals surface area (Å²) in [5.74, 6) is 0. The van der Waals surface area contributed by atoms with Gasteiger partial charge in [0.25, 0.3) is 0 Å². The van der Waals surface area contributed by atoms with Gasteiger partial charge in [0, 0.05) is 38.4 Å². The second kappa shape index (κ2) is 15.0. The molecule has 0 saturated carbocycles. The molecule has 2 heterocycles. The monoisotopic (exact) mass is 824 g/mol. The summed E-state index contributed by atoms with van der Waals surface area (Å²) in [5, 5.41) is 11.0. The molecule has 0 aliphatic heterocycles. The first-order valence-electron chi connectivity index (χ1n) is 22.4. The third-order valence-electron chi connectivity index (χ3n) is 13.4. The molecule has 2 aromatic heterocycles. The topological polar surface area (TPSA) is 17.8 Å². The van der Waals surface area contributed by atoms with E-state index in [-0.39, 0.29) is 0 Å². The van der Waals surface area contributed by atoms with E-state index < -0.39 is 0 Å². The summed E-state index contributed by atoms with van der Waals surface area (Å²) in [7, 11) is 0. The maximum Gasteiger partial charge on any atom is 0.0795 e. The first-order chi connectivity index (χ1) is 32.3. The van der Waals surface area contributed by atoms with E-state index >= 15 is 0 Å². The van der Waals surface area contributed by atoms with E-state index in [1.807, 2.05) is 0 Å². The molecule has 0 unspecified atom stereocenters. The molecule has 0 radical (unpaired) electrons. The quantitative estimate of drug-likeness (QED) is 0.121. The van der Waals surface area contributed by atoms with Crippen LogP contribution >= 0.6 is 0 Å². The Morgan fingerprint density at radius 1 is 0.277 bits per heavy atom. The summed E-state index contributed by atoms with van der Waals surface area (Å²) in [6, 6.07) is 88.1. The largest absolute Gasteiger partial charge is 0.309 e. The van der Waals surface area contributed by atoms with Crippen LogP contribution in [0.25, 0.3) is 126 Å². The molecule has 0 aliphatic rings. The predicted octanol–water partition coefficient (Wildman–Crippen LogP) is 17.1. The van der Waals surface area contributed by atoms with Gasteiger partial charge < -0.3 is 4.57 Å². The Hall–Kier alpha value is -8.59.